The average molecular weight is 311 g/mol. The molecule has 0 aliphatic rings. The van der Waals surface area contributed by atoms with Crippen LogP contribution in [-0.4, -0.2) is 17.7 Å². The van der Waals surface area contributed by atoms with Gasteiger partial charge >= 0.3 is 12.6 Å². The van der Waals surface area contributed by atoms with Crippen LogP contribution in [0.3, 0.4) is 0 Å². The summed E-state index contributed by atoms with van der Waals surface area (Å²) >= 11 is 2.85. The minimum Gasteiger partial charge on any atom is -0.478 e. The van der Waals surface area contributed by atoms with Gasteiger partial charge in [0.1, 0.15) is 0 Å². The molecule has 0 radical (unpaired) electrons. The lowest BCUT2D eigenvalue weighted by Crippen LogP contribution is -2.05. The van der Waals surface area contributed by atoms with Crippen LogP contribution in [0, 0.1) is 5.82 Å². The van der Waals surface area contributed by atoms with Crippen molar-refractivity contribution in [1.82, 2.24) is 0 Å². The number of carbonyl (C=O) groups is 1. The first-order valence-electron chi connectivity index (χ1n) is 4.25. The Hall–Kier alpha value is -1.50. The van der Waals surface area contributed by atoms with Crippen molar-refractivity contribution in [2.75, 3.05) is 0 Å². The molecule has 92 valence electrons. The lowest BCUT2D eigenvalue weighted by molar-refractivity contribution is -0.131. The molecule has 0 unspecified atom stereocenters. The van der Waals surface area contributed by atoms with Crippen molar-refractivity contribution in [1.29, 1.82) is 0 Å². The Morgan fingerprint density at radius 2 is 2.12 bits per heavy atom. The summed E-state index contributed by atoms with van der Waals surface area (Å²) in [6.45, 7) is -3.17. The van der Waals surface area contributed by atoms with Gasteiger partial charge in [0.05, 0.1) is 4.47 Å². The molecule has 1 aromatic rings. The molecule has 0 aromatic heterocycles. The summed E-state index contributed by atoms with van der Waals surface area (Å²) in [7, 11) is 0. The Morgan fingerprint density at radius 1 is 1.47 bits per heavy atom. The first-order chi connectivity index (χ1) is 7.91. The van der Waals surface area contributed by atoms with Crippen LogP contribution in [0.2, 0.25) is 0 Å². The number of benzene rings is 1. The smallest absolute Gasteiger partial charge is 0.387 e. The fourth-order valence-corrected chi connectivity index (χ4v) is 1.43. The van der Waals surface area contributed by atoms with Crippen molar-refractivity contribution in [2.45, 2.75) is 6.61 Å². The number of hydrogen-bond acceptors (Lipinski definition) is 2. The number of hydrogen-bond donors (Lipinski definition) is 1. The van der Waals surface area contributed by atoms with E-state index in [9.17, 15) is 18.0 Å². The molecule has 0 bridgehead atoms. The lowest BCUT2D eigenvalue weighted by atomic mass is 10.2. The second-order valence-corrected chi connectivity index (χ2v) is 3.68. The molecular formula is C10H6BrF3O3. The van der Waals surface area contributed by atoms with Crippen LogP contribution in [0.15, 0.2) is 22.7 Å². The number of aliphatic carboxylic acids is 1. The van der Waals surface area contributed by atoms with Crippen molar-refractivity contribution in [3.8, 4) is 5.75 Å². The molecule has 3 nitrogen and oxygen atoms in total. The Bertz CT molecular complexity index is 460. The summed E-state index contributed by atoms with van der Waals surface area (Å²) in [4.78, 5) is 10.2. The number of alkyl halides is 2. The predicted molar refractivity (Wildman–Crippen MR) is 57.4 cm³/mol. The molecule has 1 N–H and O–H groups in total. The normalized spacial score (nSPS) is 11.1. The van der Waals surface area contributed by atoms with E-state index in [2.05, 4.69) is 20.7 Å². The second-order valence-electron chi connectivity index (χ2n) is 2.83. The summed E-state index contributed by atoms with van der Waals surface area (Å²) in [6.07, 6.45) is 1.64. The predicted octanol–water partition coefficient (Wildman–Crippen LogP) is 3.29. The zero-order chi connectivity index (χ0) is 13.0. The molecule has 0 atom stereocenters. The quantitative estimate of drug-likeness (QED) is 0.868. The van der Waals surface area contributed by atoms with Crippen LogP contribution >= 0.6 is 15.9 Å². The van der Waals surface area contributed by atoms with Gasteiger partial charge in [-0.3, -0.25) is 0 Å². The molecule has 0 heterocycles. The van der Waals surface area contributed by atoms with Crippen LogP contribution in [0.1, 0.15) is 5.56 Å². The van der Waals surface area contributed by atoms with Crippen molar-refractivity contribution in [3.05, 3.63) is 34.1 Å². The summed E-state index contributed by atoms with van der Waals surface area (Å²) in [5, 5.41) is 8.37. The highest BCUT2D eigenvalue weighted by Gasteiger charge is 2.16. The third kappa shape index (κ3) is 3.77. The maximum Gasteiger partial charge on any atom is 0.387 e. The highest BCUT2D eigenvalue weighted by Crippen LogP contribution is 2.32. The Kier molecular flexibility index (Phi) is 4.56. The van der Waals surface area contributed by atoms with Crippen LogP contribution in [0.5, 0.6) is 5.75 Å². The highest BCUT2D eigenvalue weighted by molar-refractivity contribution is 9.10. The van der Waals surface area contributed by atoms with Gasteiger partial charge in [0.15, 0.2) is 11.6 Å². The lowest BCUT2D eigenvalue weighted by Gasteiger charge is -2.09. The maximum atomic E-state index is 13.6. The van der Waals surface area contributed by atoms with E-state index in [-0.39, 0.29) is 10.0 Å². The van der Waals surface area contributed by atoms with Gasteiger partial charge in [-0.25, -0.2) is 9.18 Å². The van der Waals surface area contributed by atoms with E-state index < -0.39 is 24.1 Å². The van der Waals surface area contributed by atoms with E-state index in [0.29, 0.717) is 6.08 Å². The molecule has 0 spiro atoms. The highest BCUT2D eigenvalue weighted by atomic mass is 79.9. The van der Waals surface area contributed by atoms with E-state index in [4.69, 9.17) is 5.11 Å². The van der Waals surface area contributed by atoms with Crippen LogP contribution in [-0.2, 0) is 4.79 Å². The topological polar surface area (TPSA) is 46.5 Å². The van der Waals surface area contributed by atoms with Crippen LogP contribution in [0.4, 0.5) is 13.2 Å². The van der Waals surface area contributed by atoms with E-state index in [1.165, 1.54) is 12.1 Å². The van der Waals surface area contributed by atoms with Gasteiger partial charge in [-0.15, -0.1) is 0 Å². The maximum absolute atomic E-state index is 13.6. The summed E-state index contributed by atoms with van der Waals surface area (Å²) in [6, 6.07) is 2.51. The van der Waals surface area contributed by atoms with E-state index >= 15 is 0 Å². The summed E-state index contributed by atoms with van der Waals surface area (Å²) in [5.41, 5.74) is -0.161. The first-order valence-corrected chi connectivity index (χ1v) is 5.05. The van der Waals surface area contributed by atoms with Crippen LogP contribution < -0.4 is 4.74 Å². The van der Waals surface area contributed by atoms with Gasteiger partial charge in [0.25, 0.3) is 0 Å². The SMILES string of the molecule is O=C(O)/C=C/c1ccc(Br)c(OC(F)F)c1F. The first kappa shape index (κ1) is 13.6. The second kappa shape index (κ2) is 5.72. The third-order valence-electron chi connectivity index (χ3n) is 1.69. The van der Waals surface area contributed by atoms with E-state index in [1.807, 2.05) is 0 Å². The fraction of sp³-hybridized carbons (Fsp3) is 0.100. The number of halogens is 4. The number of carboxylic acids is 1. The van der Waals surface area contributed by atoms with Crippen LogP contribution in [0.25, 0.3) is 6.08 Å². The largest absolute Gasteiger partial charge is 0.478 e. The molecule has 1 aromatic carbocycles. The molecule has 0 amide bonds. The van der Waals surface area contributed by atoms with Gasteiger partial charge in [-0.05, 0) is 28.1 Å². The molecule has 1 rings (SSSR count). The molecule has 0 aliphatic carbocycles. The standard InChI is InChI=1S/C10H6BrF3O3/c11-6-3-1-5(2-4-7(15)16)8(12)9(6)17-10(13)14/h1-4,10H,(H,15,16)/b4-2+. The zero-order valence-electron chi connectivity index (χ0n) is 8.16. The van der Waals surface area contributed by atoms with Crippen molar-refractivity contribution < 1.29 is 27.8 Å². The molecule has 7 heteroatoms. The van der Waals surface area contributed by atoms with Gasteiger partial charge in [0.2, 0.25) is 0 Å². The Morgan fingerprint density at radius 3 is 2.65 bits per heavy atom. The monoisotopic (exact) mass is 310 g/mol. The summed E-state index contributed by atoms with van der Waals surface area (Å²) in [5.74, 6) is -2.99. The zero-order valence-corrected chi connectivity index (χ0v) is 9.75. The molecule has 0 aliphatic heterocycles. The fourth-order valence-electron chi connectivity index (χ4n) is 1.03. The molecule has 0 saturated carbocycles. The third-order valence-corrected chi connectivity index (χ3v) is 2.32. The van der Waals surface area contributed by atoms with E-state index in [1.54, 1.807) is 0 Å². The average Bonchev–Trinajstić information content (AvgIpc) is 2.22. The minimum atomic E-state index is -3.17. The van der Waals surface area contributed by atoms with Gasteiger partial charge < -0.3 is 9.84 Å². The Labute approximate surface area is 103 Å². The van der Waals surface area contributed by atoms with E-state index in [0.717, 1.165) is 6.08 Å². The number of rotatable bonds is 4. The molecule has 17 heavy (non-hydrogen) atoms. The molecular weight excluding hydrogens is 305 g/mol. The van der Waals surface area contributed by atoms with Gasteiger partial charge in [-0.1, -0.05) is 6.07 Å². The minimum absolute atomic E-state index is 0.0165. The molecule has 0 saturated heterocycles. The van der Waals surface area contributed by atoms with Gasteiger partial charge in [-0.2, -0.15) is 8.78 Å². The number of ether oxygens (including phenoxy) is 1. The molecule has 0 fully saturated rings. The van der Waals surface area contributed by atoms with Gasteiger partial charge in [0, 0.05) is 11.6 Å². The number of carboxylic acid groups (broad SMARTS) is 1. The van der Waals surface area contributed by atoms with Crippen molar-refractivity contribution in [2.24, 2.45) is 0 Å². The van der Waals surface area contributed by atoms with Crippen molar-refractivity contribution in [3.63, 3.8) is 0 Å². The summed E-state index contributed by atoms with van der Waals surface area (Å²) < 4.78 is 41.6. The Balaban J connectivity index is 3.14. The van der Waals surface area contributed by atoms with Crippen molar-refractivity contribution >= 4 is 28.0 Å².